The van der Waals surface area contributed by atoms with E-state index in [1.807, 2.05) is 32.2 Å². The SMILES string of the molecule is Cc1noc(C)c1COc1ccc(CNCc2ccc(N3CCOC(C)C3)nc2)cc1. The highest BCUT2D eigenvalue weighted by atomic mass is 16.5. The molecule has 1 fully saturated rings. The Bertz CT molecular complexity index is 950. The van der Waals surface area contributed by atoms with Gasteiger partial charge in [-0.3, -0.25) is 0 Å². The summed E-state index contributed by atoms with van der Waals surface area (Å²) in [6.45, 7) is 10.5. The van der Waals surface area contributed by atoms with E-state index in [2.05, 4.69) is 51.5 Å². The molecule has 3 aromatic rings. The summed E-state index contributed by atoms with van der Waals surface area (Å²) in [5.74, 6) is 2.66. The molecule has 0 bridgehead atoms. The van der Waals surface area contributed by atoms with Crippen molar-refractivity contribution < 1.29 is 14.0 Å². The third-order valence-electron chi connectivity index (χ3n) is 5.52. The van der Waals surface area contributed by atoms with Crippen LogP contribution in [0.2, 0.25) is 0 Å². The summed E-state index contributed by atoms with van der Waals surface area (Å²) in [6.07, 6.45) is 2.21. The predicted molar refractivity (Wildman–Crippen MR) is 119 cm³/mol. The van der Waals surface area contributed by atoms with E-state index in [4.69, 9.17) is 14.0 Å². The molecule has 2 aromatic heterocycles. The average Bonchev–Trinajstić information content (AvgIpc) is 3.11. The fraction of sp³-hybridized carbons (Fsp3) is 0.417. The minimum Gasteiger partial charge on any atom is -0.489 e. The van der Waals surface area contributed by atoms with Crippen molar-refractivity contribution in [3.05, 3.63) is 70.7 Å². The quantitative estimate of drug-likeness (QED) is 0.592. The minimum atomic E-state index is 0.254. The third-order valence-corrected chi connectivity index (χ3v) is 5.52. The Morgan fingerprint density at radius 3 is 2.55 bits per heavy atom. The number of hydrogen-bond acceptors (Lipinski definition) is 7. The first kappa shape index (κ1) is 21.3. The van der Waals surface area contributed by atoms with Crippen molar-refractivity contribution in [1.29, 1.82) is 0 Å². The molecule has 1 atom stereocenters. The zero-order valence-corrected chi connectivity index (χ0v) is 18.4. The van der Waals surface area contributed by atoms with E-state index in [1.54, 1.807) is 0 Å². The summed E-state index contributed by atoms with van der Waals surface area (Å²) in [5.41, 5.74) is 4.26. The van der Waals surface area contributed by atoms with Crippen LogP contribution >= 0.6 is 0 Å². The number of aryl methyl sites for hydroxylation is 2. The fourth-order valence-corrected chi connectivity index (χ4v) is 3.65. The number of nitrogens with zero attached hydrogens (tertiary/aromatic N) is 3. The van der Waals surface area contributed by atoms with E-state index >= 15 is 0 Å². The van der Waals surface area contributed by atoms with E-state index in [1.165, 1.54) is 11.1 Å². The van der Waals surface area contributed by atoms with E-state index < -0.39 is 0 Å². The van der Waals surface area contributed by atoms with Gasteiger partial charge >= 0.3 is 0 Å². The number of ether oxygens (including phenoxy) is 2. The highest BCUT2D eigenvalue weighted by Gasteiger charge is 2.17. The first-order valence-corrected chi connectivity index (χ1v) is 10.7. The summed E-state index contributed by atoms with van der Waals surface area (Å²) in [7, 11) is 0. The largest absolute Gasteiger partial charge is 0.489 e. The van der Waals surface area contributed by atoms with Crippen LogP contribution in [0.25, 0.3) is 0 Å². The summed E-state index contributed by atoms with van der Waals surface area (Å²) in [5, 5.41) is 7.44. The number of pyridine rings is 1. The van der Waals surface area contributed by atoms with Crippen LogP contribution in [0.5, 0.6) is 5.75 Å². The van der Waals surface area contributed by atoms with Crippen LogP contribution in [0.1, 0.15) is 35.1 Å². The number of rotatable bonds is 8. The second kappa shape index (κ2) is 9.94. The molecule has 0 saturated carbocycles. The first-order chi connectivity index (χ1) is 15.1. The van der Waals surface area contributed by atoms with Crippen molar-refractivity contribution in [2.75, 3.05) is 24.6 Å². The Morgan fingerprint density at radius 1 is 1.10 bits per heavy atom. The van der Waals surface area contributed by atoms with Gasteiger partial charge in [0.15, 0.2) is 0 Å². The molecule has 3 heterocycles. The van der Waals surface area contributed by atoms with E-state index in [9.17, 15) is 0 Å². The topological polar surface area (TPSA) is 72.7 Å². The van der Waals surface area contributed by atoms with Crippen molar-refractivity contribution in [3.8, 4) is 5.75 Å². The lowest BCUT2D eigenvalue weighted by Crippen LogP contribution is -2.41. The minimum absolute atomic E-state index is 0.254. The second-order valence-corrected chi connectivity index (χ2v) is 7.99. The Labute approximate surface area is 183 Å². The molecule has 0 spiro atoms. The van der Waals surface area contributed by atoms with Crippen LogP contribution in [0.15, 0.2) is 47.1 Å². The number of anilines is 1. The molecule has 0 amide bonds. The molecule has 1 unspecified atom stereocenters. The molecular weight excluding hydrogens is 392 g/mol. The standard InChI is InChI=1S/C24H30N4O3/c1-17-15-28(10-11-29-17)24-9-6-21(14-26-24)13-25-12-20-4-7-22(8-5-20)30-16-23-18(2)27-31-19(23)3/h4-9,14,17,25H,10-13,15-16H2,1-3H3. The molecule has 7 heteroatoms. The maximum atomic E-state index is 5.87. The number of nitrogens with one attached hydrogen (secondary N) is 1. The molecule has 31 heavy (non-hydrogen) atoms. The molecule has 0 radical (unpaired) electrons. The molecule has 164 valence electrons. The number of hydrogen-bond donors (Lipinski definition) is 1. The highest BCUT2D eigenvalue weighted by Crippen LogP contribution is 2.18. The average molecular weight is 423 g/mol. The van der Waals surface area contributed by atoms with Gasteiger partial charge in [0.05, 0.1) is 24.0 Å². The van der Waals surface area contributed by atoms with Gasteiger partial charge in [0.1, 0.15) is 23.9 Å². The van der Waals surface area contributed by atoms with Crippen molar-refractivity contribution >= 4 is 5.82 Å². The Kier molecular flexibility index (Phi) is 6.84. The monoisotopic (exact) mass is 422 g/mol. The molecule has 1 N–H and O–H groups in total. The lowest BCUT2D eigenvalue weighted by Gasteiger charge is -2.32. The maximum Gasteiger partial charge on any atom is 0.140 e. The van der Waals surface area contributed by atoms with Gasteiger partial charge in [-0.1, -0.05) is 23.4 Å². The zero-order valence-electron chi connectivity index (χ0n) is 18.4. The van der Waals surface area contributed by atoms with Gasteiger partial charge < -0.3 is 24.2 Å². The summed E-state index contributed by atoms with van der Waals surface area (Å²) >= 11 is 0. The highest BCUT2D eigenvalue weighted by molar-refractivity contribution is 5.40. The van der Waals surface area contributed by atoms with Gasteiger partial charge in [-0.15, -0.1) is 0 Å². The Balaban J connectivity index is 1.22. The van der Waals surface area contributed by atoms with Gasteiger partial charge in [0, 0.05) is 32.4 Å². The predicted octanol–water partition coefficient (Wildman–Crippen LogP) is 3.78. The van der Waals surface area contributed by atoms with Gasteiger partial charge in [-0.05, 0) is 50.1 Å². The molecule has 1 saturated heterocycles. The summed E-state index contributed by atoms with van der Waals surface area (Å²) in [4.78, 5) is 6.91. The van der Waals surface area contributed by atoms with Crippen LogP contribution in [-0.2, 0) is 24.4 Å². The van der Waals surface area contributed by atoms with Crippen molar-refractivity contribution in [2.45, 2.75) is 46.6 Å². The van der Waals surface area contributed by atoms with Gasteiger partial charge in [-0.25, -0.2) is 4.98 Å². The van der Waals surface area contributed by atoms with Crippen LogP contribution in [-0.4, -0.2) is 35.9 Å². The first-order valence-electron chi connectivity index (χ1n) is 10.7. The fourth-order valence-electron chi connectivity index (χ4n) is 3.65. The molecule has 4 rings (SSSR count). The van der Waals surface area contributed by atoms with Crippen molar-refractivity contribution in [2.24, 2.45) is 0 Å². The van der Waals surface area contributed by atoms with Gasteiger partial charge in [0.2, 0.25) is 0 Å². The van der Waals surface area contributed by atoms with Crippen LogP contribution < -0.4 is 15.0 Å². The number of morpholine rings is 1. The molecule has 0 aliphatic carbocycles. The van der Waals surface area contributed by atoms with E-state index in [-0.39, 0.29) is 6.10 Å². The lowest BCUT2D eigenvalue weighted by atomic mass is 10.2. The number of aromatic nitrogens is 2. The van der Waals surface area contributed by atoms with Crippen LogP contribution in [0, 0.1) is 13.8 Å². The summed E-state index contributed by atoms with van der Waals surface area (Å²) in [6, 6.07) is 12.4. The van der Waals surface area contributed by atoms with Gasteiger partial charge in [0.25, 0.3) is 0 Å². The molecule has 7 nitrogen and oxygen atoms in total. The zero-order chi connectivity index (χ0) is 21.6. The summed E-state index contributed by atoms with van der Waals surface area (Å²) < 4.78 is 16.6. The van der Waals surface area contributed by atoms with Crippen LogP contribution in [0.4, 0.5) is 5.82 Å². The lowest BCUT2D eigenvalue weighted by molar-refractivity contribution is 0.0529. The Hall–Kier alpha value is -2.90. The third kappa shape index (κ3) is 5.62. The molecule has 1 aliphatic heterocycles. The number of benzene rings is 1. The van der Waals surface area contributed by atoms with E-state index in [0.29, 0.717) is 6.61 Å². The normalized spacial score (nSPS) is 16.5. The van der Waals surface area contributed by atoms with Gasteiger partial charge in [-0.2, -0.15) is 0 Å². The Morgan fingerprint density at radius 2 is 1.87 bits per heavy atom. The van der Waals surface area contributed by atoms with Crippen LogP contribution in [0.3, 0.4) is 0 Å². The smallest absolute Gasteiger partial charge is 0.140 e. The maximum absolute atomic E-state index is 5.87. The second-order valence-electron chi connectivity index (χ2n) is 7.99. The molecular formula is C24H30N4O3. The van der Waals surface area contributed by atoms with Crippen molar-refractivity contribution in [3.63, 3.8) is 0 Å². The molecule has 1 aromatic carbocycles. The molecule has 1 aliphatic rings. The van der Waals surface area contributed by atoms with E-state index in [0.717, 1.165) is 61.4 Å². The van der Waals surface area contributed by atoms with Crippen molar-refractivity contribution in [1.82, 2.24) is 15.5 Å².